The second-order valence-electron chi connectivity index (χ2n) is 8.34. The molecule has 0 bridgehead atoms. The number of carboxylic acid groups (broad SMARTS) is 3. The quantitative estimate of drug-likeness (QED) is 0.388. The Morgan fingerprint density at radius 1 is 0.974 bits per heavy atom. The molecule has 15 heteroatoms. The molecular weight excluding hydrogens is 510 g/mol. The van der Waals surface area contributed by atoms with Crippen LogP contribution in [-0.2, 0) is 27.3 Å². The SMILES string of the molecule is COC(Cn1cc(C(=O)O)c(=O)cc1C(=O)O)OC.C[C@H]1CO[C@@H]2Cn3cc(C(=O)O)c(=O)cc3C(=O)N12. The van der Waals surface area contributed by atoms with Crippen LogP contribution in [0.1, 0.15) is 48.6 Å². The Labute approximate surface area is 214 Å². The first-order valence-electron chi connectivity index (χ1n) is 11.1. The molecule has 204 valence electrons. The summed E-state index contributed by atoms with van der Waals surface area (Å²) in [6, 6.07) is 1.81. The van der Waals surface area contributed by atoms with Gasteiger partial charge in [0, 0.05) is 38.7 Å². The highest BCUT2D eigenvalue weighted by Crippen LogP contribution is 2.25. The molecule has 2 atom stereocenters. The third-order valence-electron chi connectivity index (χ3n) is 5.93. The number of ether oxygens (including phenoxy) is 3. The average molecular weight is 535 g/mol. The Bertz CT molecular complexity index is 1390. The number of hydrogen-bond acceptors (Lipinski definition) is 9. The summed E-state index contributed by atoms with van der Waals surface area (Å²) in [6.45, 7) is 2.60. The van der Waals surface area contributed by atoms with E-state index in [1.54, 1.807) is 4.90 Å². The van der Waals surface area contributed by atoms with E-state index in [1.807, 2.05) is 6.92 Å². The summed E-state index contributed by atoms with van der Waals surface area (Å²) in [7, 11) is 2.71. The monoisotopic (exact) mass is 535 g/mol. The van der Waals surface area contributed by atoms with E-state index in [0.717, 1.165) is 22.9 Å². The van der Waals surface area contributed by atoms with Crippen molar-refractivity contribution in [3.63, 3.8) is 0 Å². The Kier molecular flexibility index (Phi) is 8.45. The van der Waals surface area contributed by atoms with E-state index in [0.29, 0.717) is 13.2 Å². The lowest BCUT2D eigenvalue weighted by Crippen LogP contribution is -2.48. The molecule has 1 fully saturated rings. The van der Waals surface area contributed by atoms with Gasteiger partial charge < -0.3 is 43.6 Å². The van der Waals surface area contributed by atoms with Crippen molar-refractivity contribution in [2.75, 3.05) is 20.8 Å². The average Bonchev–Trinajstić information content (AvgIpc) is 3.23. The summed E-state index contributed by atoms with van der Waals surface area (Å²) in [5, 5.41) is 26.8. The minimum absolute atomic E-state index is 0.0412. The first-order chi connectivity index (χ1) is 17.9. The second-order valence-corrected chi connectivity index (χ2v) is 8.34. The van der Waals surface area contributed by atoms with Gasteiger partial charge in [-0.1, -0.05) is 0 Å². The second kappa shape index (κ2) is 11.4. The van der Waals surface area contributed by atoms with E-state index in [-0.39, 0.29) is 41.7 Å². The van der Waals surface area contributed by atoms with Crippen molar-refractivity contribution in [3.8, 4) is 0 Å². The predicted molar refractivity (Wildman–Crippen MR) is 125 cm³/mol. The van der Waals surface area contributed by atoms with Crippen LogP contribution in [0.5, 0.6) is 0 Å². The zero-order valence-corrected chi connectivity index (χ0v) is 20.5. The number of methoxy groups -OCH3 is 2. The van der Waals surface area contributed by atoms with E-state index in [1.165, 1.54) is 25.0 Å². The van der Waals surface area contributed by atoms with Crippen molar-refractivity contribution < 1.29 is 48.7 Å². The van der Waals surface area contributed by atoms with Crippen LogP contribution < -0.4 is 10.9 Å². The number of hydrogen-bond donors (Lipinski definition) is 3. The first-order valence-corrected chi connectivity index (χ1v) is 11.1. The number of nitrogens with zero attached hydrogens (tertiary/aromatic N) is 3. The van der Waals surface area contributed by atoms with Gasteiger partial charge in [0.05, 0.1) is 25.7 Å². The number of pyridine rings is 2. The molecular formula is C23H25N3O12. The van der Waals surface area contributed by atoms with E-state index in [9.17, 15) is 28.8 Å². The molecule has 0 spiro atoms. The maximum atomic E-state index is 12.3. The first kappa shape index (κ1) is 28.2. The van der Waals surface area contributed by atoms with Gasteiger partial charge in [0.25, 0.3) is 5.91 Å². The molecule has 4 heterocycles. The number of carbonyl (C=O) groups is 4. The Balaban J connectivity index is 0.000000211. The fraction of sp³-hybridized carbons (Fsp3) is 0.391. The standard InChI is InChI=1S/C12H12N2O5.C11H13NO7/c1-6-5-19-10-4-13-3-7(12(17)18)9(15)2-8(13)11(16)14(6)10;1-18-9(19-2)5-12-4-6(10(14)15)8(13)3-7(12)11(16)17/h2-3,6,10H,4-5H2,1H3,(H,17,18);3-4,9H,5H2,1-2H3,(H,14,15)(H,16,17)/t6-,10+;/m0./s1. The zero-order valence-electron chi connectivity index (χ0n) is 20.5. The van der Waals surface area contributed by atoms with Gasteiger partial charge >= 0.3 is 17.9 Å². The highest BCUT2D eigenvalue weighted by Gasteiger charge is 2.40. The number of rotatable bonds is 7. The van der Waals surface area contributed by atoms with Crippen molar-refractivity contribution in [3.05, 3.63) is 67.5 Å². The van der Waals surface area contributed by atoms with Gasteiger partial charge in [-0.3, -0.25) is 14.4 Å². The lowest BCUT2D eigenvalue weighted by molar-refractivity contribution is -0.111. The highest BCUT2D eigenvalue weighted by molar-refractivity contribution is 5.95. The van der Waals surface area contributed by atoms with Crippen LogP contribution in [0.2, 0.25) is 0 Å². The Morgan fingerprint density at radius 2 is 1.55 bits per heavy atom. The van der Waals surface area contributed by atoms with Crippen molar-refractivity contribution in [1.82, 2.24) is 14.0 Å². The molecule has 4 rings (SSSR count). The van der Waals surface area contributed by atoms with Gasteiger partial charge in [-0.25, -0.2) is 14.4 Å². The molecule has 1 amide bonds. The molecule has 1 saturated heterocycles. The fourth-order valence-electron chi connectivity index (χ4n) is 4.01. The molecule has 2 aliphatic rings. The number of amides is 1. The smallest absolute Gasteiger partial charge is 0.352 e. The summed E-state index contributed by atoms with van der Waals surface area (Å²) < 4.78 is 17.9. The molecule has 2 aromatic heterocycles. The van der Waals surface area contributed by atoms with Crippen LogP contribution in [0.4, 0.5) is 0 Å². The topological polar surface area (TPSA) is 204 Å². The molecule has 0 aromatic carbocycles. The molecule has 0 aliphatic carbocycles. The van der Waals surface area contributed by atoms with E-state index < -0.39 is 40.6 Å². The highest BCUT2D eigenvalue weighted by atomic mass is 16.7. The number of aromatic carboxylic acids is 3. The Hall–Kier alpha value is -4.34. The zero-order chi connectivity index (χ0) is 28.3. The van der Waals surface area contributed by atoms with Crippen molar-refractivity contribution in [2.24, 2.45) is 0 Å². The lowest BCUT2D eigenvalue weighted by Gasteiger charge is -2.33. The van der Waals surface area contributed by atoms with Gasteiger partial charge in [0.2, 0.25) is 0 Å². The largest absolute Gasteiger partial charge is 0.477 e. The Morgan fingerprint density at radius 3 is 2.11 bits per heavy atom. The lowest BCUT2D eigenvalue weighted by atomic mass is 10.1. The summed E-state index contributed by atoms with van der Waals surface area (Å²) in [4.78, 5) is 69.8. The molecule has 0 radical (unpaired) electrons. The van der Waals surface area contributed by atoms with Crippen LogP contribution >= 0.6 is 0 Å². The van der Waals surface area contributed by atoms with Crippen LogP contribution in [0.25, 0.3) is 0 Å². The number of fused-ring (bicyclic) bond motifs is 2. The van der Waals surface area contributed by atoms with Crippen LogP contribution in [-0.4, -0.2) is 92.6 Å². The molecule has 3 N–H and O–H groups in total. The fourth-order valence-corrected chi connectivity index (χ4v) is 4.01. The normalized spacial score (nSPS) is 17.9. The molecule has 0 saturated carbocycles. The molecule has 2 aromatic rings. The molecule has 0 unspecified atom stereocenters. The number of carboxylic acids is 3. The van der Waals surface area contributed by atoms with Crippen LogP contribution in [0.3, 0.4) is 0 Å². The third kappa shape index (κ3) is 5.64. The summed E-state index contributed by atoms with van der Waals surface area (Å²) in [5.74, 6) is -4.37. The minimum Gasteiger partial charge on any atom is -0.477 e. The maximum absolute atomic E-state index is 12.3. The van der Waals surface area contributed by atoms with E-state index in [2.05, 4.69) is 0 Å². The van der Waals surface area contributed by atoms with Gasteiger partial charge in [-0.05, 0) is 6.92 Å². The molecule has 15 nitrogen and oxygen atoms in total. The minimum atomic E-state index is -1.43. The molecule has 38 heavy (non-hydrogen) atoms. The van der Waals surface area contributed by atoms with Crippen LogP contribution in [0.15, 0.2) is 34.1 Å². The van der Waals surface area contributed by atoms with Gasteiger partial charge in [-0.15, -0.1) is 0 Å². The van der Waals surface area contributed by atoms with Crippen molar-refractivity contribution in [1.29, 1.82) is 0 Å². The van der Waals surface area contributed by atoms with Gasteiger partial charge in [0.1, 0.15) is 22.5 Å². The number of aromatic nitrogens is 2. The third-order valence-corrected chi connectivity index (χ3v) is 5.93. The van der Waals surface area contributed by atoms with Crippen LogP contribution in [0, 0.1) is 0 Å². The van der Waals surface area contributed by atoms with Crippen molar-refractivity contribution in [2.45, 2.75) is 38.6 Å². The summed E-state index contributed by atoms with van der Waals surface area (Å²) in [6.07, 6.45) is 1.02. The van der Waals surface area contributed by atoms with E-state index >= 15 is 0 Å². The molecule has 2 aliphatic heterocycles. The van der Waals surface area contributed by atoms with Gasteiger partial charge in [-0.2, -0.15) is 0 Å². The van der Waals surface area contributed by atoms with Gasteiger partial charge in [0.15, 0.2) is 23.4 Å². The van der Waals surface area contributed by atoms with E-state index in [4.69, 9.17) is 29.5 Å². The van der Waals surface area contributed by atoms with Crippen molar-refractivity contribution >= 4 is 23.8 Å². The predicted octanol–water partition coefficient (Wildman–Crippen LogP) is -0.389. The summed E-state index contributed by atoms with van der Waals surface area (Å²) in [5.41, 5.74) is -2.50. The summed E-state index contributed by atoms with van der Waals surface area (Å²) >= 11 is 0. The number of carbonyl (C=O) groups excluding carboxylic acids is 1. The maximum Gasteiger partial charge on any atom is 0.352 e.